The number of nitrogens with two attached hydrogens (primary N) is 1. The first kappa shape index (κ1) is 15.7. The molecule has 0 saturated heterocycles. The average molecular weight is 262 g/mol. The van der Waals surface area contributed by atoms with Crippen LogP contribution in [0.25, 0.3) is 0 Å². The number of amides is 1. The van der Waals surface area contributed by atoms with Crippen molar-refractivity contribution < 1.29 is 4.79 Å². The fourth-order valence-electron chi connectivity index (χ4n) is 2.21. The summed E-state index contributed by atoms with van der Waals surface area (Å²) in [5.74, 6) is 0.542. The van der Waals surface area contributed by atoms with Crippen molar-refractivity contribution in [2.45, 2.75) is 52.1 Å². The maximum absolute atomic E-state index is 11.9. The quantitative estimate of drug-likeness (QED) is 0.793. The number of carbonyl (C=O) groups is 1. The van der Waals surface area contributed by atoms with Gasteiger partial charge in [-0.15, -0.1) is 0 Å². The van der Waals surface area contributed by atoms with Gasteiger partial charge in [0.05, 0.1) is 6.04 Å². The Morgan fingerprint density at radius 2 is 1.84 bits per heavy atom. The zero-order chi connectivity index (χ0) is 14.3. The highest BCUT2D eigenvalue weighted by atomic mass is 16.2. The molecule has 0 aliphatic heterocycles. The fourth-order valence-corrected chi connectivity index (χ4v) is 2.21. The zero-order valence-corrected chi connectivity index (χ0v) is 12.2. The molecule has 3 N–H and O–H groups in total. The second kappa shape index (κ2) is 7.95. The topological polar surface area (TPSA) is 55.1 Å². The molecule has 2 unspecified atom stereocenters. The monoisotopic (exact) mass is 262 g/mol. The van der Waals surface area contributed by atoms with Crippen LogP contribution in [0.1, 0.15) is 39.2 Å². The third-order valence-electron chi connectivity index (χ3n) is 3.14. The van der Waals surface area contributed by atoms with Crippen LogP contribution >= 0.6 is 0 Å². The van der Waals surface area contributed by atoms with E-state index in [1.165, 1.54) is 5.56 Å². The molecule has 0 fully saturated rings. The Kier molecular flexibility index (Phi) is 6.57. The van der Waals surface area contributed by atoms with Gasteiger partial charge in [-0.25, -0.2) is 0 Å². The first-order valence-corrected chi connectivity index (χ1v) is 7.09. The second-order valence-corrected chi connectivity index (χ2v) is 5.67. The minimum Gasteiger partial charge on any atom is -0.352 e. The van der Waals surface area contributed by atoms with Crippen molar-refractivity contribution in [3.8, 4) is 0 Å². The van der Waals surface area contributed by atoms with Gasteiger partial charge < -0.3 is 11.1 Å². The van der Waals surface area contributed by atoms with Crippen LogP contribution in [0, 0.1) is 5.92 Å². The molecule has 1 amide bonds. The van der Waals surface area contributed by atoms with Gasteiger partial charge in [-0.1, -0.05) is 44.2 Å². The standard InChI is InChI=1S/C16H26N2O/c1-12(2)11-13(3)18-16(19)15(17)10-9-14-7-5-4-6-8-14/h4-8,12-13,15H,9-11,17H2,1-3H3,(H,18,19). The lowest BCUT2D eigenvalue weighted by Crippen LogP contribution is -2.45. The molecule has 3 heteroatoms. The van der Waals surface area contributed by atoms with Gasteiger partial charge in [0.1, 0.15) is 0 Å². The highest BCUT2D eigenvalue weighted by molar-refractivity contribution is 5.81. The molecule has 1 aromatic carbocycles. The lowest BCUT2D eigenvalue weighted by Gasteiger charge is -2.19. The van der Waals surface area contributed by atoms with Gasteiger partial charge in [0.15, 0.2) is 0 Å². The lowest BCUT2D eigenvalue weighted by molar-refractivity contribution is -0.123. The van der Waals surface area contributed by atoms with E-state index in [9.17, 15) is 4.79 Å². The summed E-state index contributed by atoms with van der Waals surface area (Å²) < 4.78 is 0. The summed E-state index contributed by atoms with van der Waals surface area (Å²) in [6.45, 7) is 6.33. The molecule has 3 nitrogen and oxygen atoms in total. The van der Waals surface area contributed by atoms with Crippen molar-refractivity contribution in [2.75, 3.05) is 0 Å². The van der Waals surface area contributed by atoms with Gasteiger partial charge in [-0.2, -0.15) is 0 Å². The number of hydrogen-bond acceptors (Lipinski definition) is 2. The van der Waals surface area contributed by atoms with Crippen molar-refractivity contribution in [1.29, 1.82) is 0 Å². The van der Waals surface area contributed by atoms with Gasteiger partial charge in [-0.05, 0) is 37.7 Å². The van der Waals surface area contributed by atoms with Crippen LogP contribution in [0.3, 0.4) is 0 Å². The zero-order valence-electron chi connectivity index (χ0n) is 12.2. The predicted octanol–water partition coefficient (Wildman–Crippen LogP) is 2.50. The highest BCUT2D eigenvalue weighted by Crippen LogP contribution is 2.06. The Bertz CT molecular complexity index is 376. The van der Waals surface area contributed by atoms with Crippen molar-refractivity contribution in [3.05, 3.63) is 35.9 Å². The number of aryl methyl sites for hydroxylation is 1. The van der Waals surface area contributed by atoms with Crippen LogP contribution in [-0.4, -0.2) is 18.0 Å². The maximum atomic E-state index is 11.9. The van der Waals surface area contributed by atoms with Gasteiger partial charge in [0.2, 0.25) is 5.91 Å². The summed E-state index contributed by atoms with van der Waals surface area (Å²) >= 11 is 0. The van der Waals surface area contributed by atoms with Gasteiger partial charge >= 0.3 is 0 Å². The summed E-state index contributed by atoms with van der Waals surface area (Å²) in [5.41, 5.74) is 7.16. The van der Waals surface area contributed by atoms with Crippen LogP contribution in [0.4, 0.5) is 0 Å². The Morgan fingerprint density at radius 1 is 1.21 bits per heavy atom. The van der Waals surface area contributed by atoms with Gasteiger partial charge in [0.25, 0.3) is 0 Å². The summed E-state index contributed by atoms with van der Waals surface area (Å²) in [7, 11) is 0. The van der Waals surface area contributed by atoms with Crippen LogP contribution in [0.2, 0.25) is 0 Å². The molecular formula is C16H26N2O. The van der Waals surface area contributed by atoms with E-state index >= 15 is 0 Å². The first-order chi connectivity index (χ1) is 8.99. The Labute approximate surface area is 116 Å². The molecule has 0 bridgehead atoms. The second-order valence-electron chi connectivity index (χ2n) is 5.67. The molecule has 19 heavy (non-hydrogen) atoms. The normalized spacial score (nSPS) is 14.2. The number of benzene rings is 1. The summed E-state index contributed by atoms with van der Waals surface area (Å²) in [5, 5.41) is 2.98. The molecular weight excluding hydrogens is 236 g/mol. The van der Waals surface area contributed by atoms with Gasteiger partial charge in [-0.3, -0.25) is 4.79 Å². The molecule has 0 radical (unpaired) electrons. The van der Waals surface area contributed by atoms with E-state index in [0.29, 0.717) is 12.3 Å². The Balaban J connectivity index is 2.32. The Morgan fingerprint density at radius 3 is 2.42 bits per heavy atom. The molecule has 0 heterocycles. The molecule has 0 saturated carbocycles. The van der Waals surface area contributed by atoms with Crippen LogP contribution in [0.15, 0.2) is 30.3 Å². The molecule has 2 atom stereocenters. The number of hydrogen-bond donors (Lipinski definition) is 2. The SMILES string of the molecule is CC(C)CC(C)NC(=O)C(N)CCc1ccccc1. The van der Waals surface area contributed by atoms with E-state index in [4.69, 9.17) is 5.73 Å². The largest absolute Gasteiger partial charge is 0.352 e. The molecule has 0 aliphatic rings. The van der Waals surface area contributed by atoms with E-state index in [1.54, 1.807) is 0 Å². The van der Waals surface area contributed by atoms with Crippen molar-refractivity contribution >= 4 is 5.91 Å². The molecule has 106 valence electrons. The maximum Gasteiger partial charge on any atom is 0.237 e. The van der Waals surface area contributed by atoms with Crippen molar-refractivity contribution in [3.63, 3.8) is 0 Å². The van der Waals surface area contributed by atoms with Crippen molar-refractivity contribution in [2.24, 2.45) is 11.7 Å². The van der Waals surface area contributed by atoms with Crippen LogP contribution in [-0.2, 0) is 11.2 Å². The third-order valence-corrected chi connectivity index (χ3v) is 3.14. The summed E-state index contributed by atoms with van der Waals surface area (Å²) in [6, 6.07) is 9.89. The fraction of sp³-hybridized carbons (Fsp3) is 0.562. The smallest absolute Gasteiger partial charge is 0.237 e. The van der Waals surface area contributed by atoms with E-state index in [-0.39, 0.29) is 11.9 Å². The highest BCUT2D eigenvalue weighted by Gasteiger charge is 2.16. The van der Waals surface area contributed by atoms with Crippen LogP contribution < -0.4 is 11.1 Å². The summed E-state index contributed by atoms with van der Waals surface area (Å²) in [6.07, 6.45) is 2.51. The molecule has 0 spiro atoms. The number of nitrogens with one attached hydrogen (secondary N) is 1. The molecule has 1 rings (SSSR count). The minimum atomic E-state index is -0.421. The number of carbonyl (C=O) groups excluding carboxylic acids is 1. The van der Waals surface area contributed by atoms with E-state index < -0.39 is 6.04 Å². The lowest BCUT2D eigenvalue weighted by atomic mass is 10.0. The predicted molar refractivity (Wildman–Crippen MR) is 79.8 cm³/mol. The first-order valence-electron chi connectivity index (χ1n) is 7.09. The number of rotatable bonds is 7. The molecule has 1 aromatic rings. The summed E-state index contributed by atoms with van der Waals surface area (Å²) in [4.78, 5) is 11.9. The van der Waals surface area contributed by atoms with Gasteiger partial charge in [0, 0.05) is 6.04 Å². The molecule has 0 aromatic heterocycles. The minimum absolute atomic E-state index is 0.0379. The Hall–Kier alpha value is -1.35. The molecule has 0 aliphatic carbocycles. The van der Waals surface area contributed by atoms with E-state index in [0.717, 1.165) is 12.8 Å². The van der Waals surface area contributed by atoms with Crippen molar-refractivity contribution in [1.82, 2.24) is 5.32 Å². The van der Waals surface area contributed by atoms with E-state index in [1.807, 2.05) is 25.1 Å². The van der Waals surface area contributed by atoms with Crippen LogP contribution in [0.5, 0.6) is 0 Å². The third kappa shape index (κ3) is 6.39. The van der Waals surface area contributed by atoms with E-state index in [2.05, 4.69) is 31.3 Å². The average Bonchev–Trinajstić information content (AvgIpc) is 2.36.